The highest BCUT2D eigenvalue weighted by molar-refractivity contribution is 6.31. The third-order valence-corrected chi connectivity index (χ3v) is 4.00. The molecule has 0 aliphatic heterocycles. The van der Waals surface area contributed by atoms with E-state index in [1.807, 2.05) is 6.07 Å². The lowest BCUT2D eigenvalue weighted by atomic mass is 10.1. The maximum absolute atomic E-state index is 14.1. The summed E-state index contributed by atoms with van der Waals surface area (Å²) in [6.45, 7) is 0.283. The lowest BCUT2D eigenvalue weighted by Gasteiger charge is -2.23. The smallest absolute Gasteiger partial charge is 0.254 e. The van der Waals surface area contributed by atoms with Gasteiger partial charge in [-0.15, -0.1) is 0 Å². The third kappa shape index (κ3) is 3.66. The standard InChI is InChI=1S/C19H15ClFNO2/c20-17-9-4-10-18(21)16(17)13-22(12-15-8-5-11-24-15)19(23)14-6-2-1-3-7-14/h1-11H,12-13H2. The SMILES string of the molecule is O=C(c1ccccc1)N(Cc1ccco1)Cc1c(F)cccc1Cl. The first-order valence-corrected chi connectivity index (χ1v) is 7.82. The van der Waals surface area contributed by atoms with E-state index in [-0.39, 0.29) is 24.6 Å². The van der Waals surface area contributed by atoms with Crippen LogP contribution in [0.4, 0.5) is 4.39 Å². The first-order chi connectivity index (χ1) is 11.6. The Kier molecular flexibility index (Phi) is 4.96. The van der Waals surface area contributed by atoms with E-state index in [4.69, 9.17) is 16.0 Å². The second-order valence-electron chi connectivity index (χ2n) is 5.31. The van der Waals surface area contributed by atoms with Crippen molar-refractivity contribution in [3.63, 3.8) is 0 Å². The van der Waals surface area contributed by atoms with Crippen LogP contribution in [-0.4, -0.2) is 10.8 Å². The first-order valence-electron chi connectivity index (χ1n) is 7.45. The minimum Gasteiger partial charge on any atom is -0.467 e. The van der Waals surface area contributed by atoms with Crippen LogP contribution in [0.1, 0.15) is 21.7 Å². The summed E-state index contributed by atoms with van der Waals surface area (Å²) in [6, 6.07) is 16.9. The summed E-state index contributed by atoms with van der Waals surface area (Å²) in [5.41, 5.74) is 0.812. The van der Waals surface area contributed by atoms with Gasteiger partial charge in [0.05, 0.1) is 19.4 Å². The number of halogens is 2. The molecule has 3 aromatic rings. The monoisotopic (exact) mass is 343 g/mol. The summed E-state index contributed by atoms with van der Waals surface area (Å²) in [5, 5.41) is 0.292. The number of carbonyl (C=O) groups excluding carboxylic acids is 1. The molecule has 0 fully saturated rings. The Morgan fingerprint density at radius 3 is 2.46 bits per heavy atom. The van der Waals surface area contributed by atoms with Gasteiger partial charge in [0.15, 0.2) is 0 Å². The number of carbonyl (C=O) groups is 1. The van der Waals surface area contributed by atoms with Crippen LogP contribution in [0.25, 0.3) is 0 Å². The van der Waals surface area contributed by atoms with Gasteiger partial charge in [-0.2, -0.15) is 0 Å². The zero-order chi connectivity index (χ0) is 16.9. The number of amides is 1. The van der Waals surface area contributed by atoms with Gasteiger partial charge in [0.1, 0.15) is 11.6 Å². The molecule has 1 amide bonds. The Bertz CT molecular complexity index is 798. The van der Waals surface area contributed by atoms with Crippen LogP contribution in [0.2, 0.25) is 5.02 Å². The maximum Gasteiger partial charge on any atom is 0.254 e. The fourth-order valence-corrected chi connectivity index (χ4v) is 2.65. The van der Waals surface area contributed by atoms with Crippen molar-refractivity contribution in [1.29, 1.82) is 0 Å². The van der Waals surface area contributed by atoms with Crippen LogP contribution in [0.3, 0.4) is 0 Å². The molecule has 3 nitrogen and oxygen atoms in total. The summed E-state index contributed by atoms with van der Waals surface area (Å²) >= 11 is 6.10. The van der Waals surface area contributed by atoms with Gasteiger partial charge in [0.2, 0.25) is 0 Å². The van der Waals surface area contributed by atoms with Crippen molar-refractivity contribution in [2.45, 2.75) is 13.1 Å². The average Bonchev–Trinajstić information content (AvgIpc) is 3.10. The fourth-order valence-electron chi connectivity index (χ4n) is 2.43. The van der Waals surface area contributed by atoms with Gasteiger partial charge >= 0.3 is 0 Å². The Balaban J connectivity index is 1.91. The molecule has 1 heterocycles. The van der Waals surface area contributed by atoms with Crippen LogP contribution in [0.15, 0.2) is 71.3 Å². The van der Waals surface area contributed by atoms with Crippen molar-refractivity contribution in [2.75, 3.05) is 0 Å². The van der Waals surface area contributed by atoms with Crippen LogP contribution in [0, 0.1) is 5.82 Å². The number of furan rings is 1. The molecule has 0 radical (unpaired) electrons. The van der Waals surface area contributed by atoms with Crippen LogP contribution < -0.4 is 0 Å². The summed E-state index contributed by atoms with van der Waals surface area (Å²) < 4.78 is 19.4. The van der Waals surface area contributed by atoms with E-state index >= 15 is 0 Å². The van der Waals surface area contributed by atoms with Crippen molar-refractivity contribution >= 4 is 17.5 Å². The van der Waals surface area contributed by atoms with E-state index in [9.17, 15) is 9.18 Å². The highest BCUT2D eigenvalue weighted by atomic mass is 35.5. The molecule has 0 aliphatic rings. The zero-order valence-corrected chi connectivity index (χ0v) is 13.5. The topological polar surface area (TPSA) is 33.5 Å². The number of hydrogen-bond acceptors (Lipinski definition) is 2. The first kappa shape index (κ1) is 16.3. The minimum absolute atomic E-state index is 0.0555. The molecule has 0 saturated carbocycles. The van der Waals surface area contributed by atoms with Crippen molar-refractivity contribution in [3.8, 4) is 0 Å². The van der Waals surface area contributed by atoms with Gasteiger partial charge in [-0.1, -0.05) is 35.9 Å². The highest BCUT2D eigenvalue weighted by Gasteiger charge is 2.20. The Labute approximate surface area is 144 Å². The molecule has 0 saturated heterocycles. The van der Waals surface area contributed by atoms with Gasteiger partial charge in [-0.05, 0) is 36.4 Å². The third-order valence-electron chi connectivity index (χ3n) is 3.65. The normalized spacial score (nSPS) is 10.6. The molecule has 24 heavy (non-hydrogen) atoms. The number of benzene rings is 2. The molecule has 0 bridgehead atoms. The van der Waals surface area contributed by atoms with E-state index in [1.165, 1.54) is 23.3 Å². The quantitative estimate of drug-likeness (QED) is 0.659. The van der Waals surface area contributed by atoms with Gasteiger partial charge in [-0.25, -0.2) is 4.39 Å². The number of nitrogens with zero attached hydrogens (tertiary/aromatic N) is 1. The van der Waals surface area contributed by atoms with Crippen molar-refractivity contribution < 1.29 is 13.6 Å². The van der Waals surface area contributed by atoms with E-state index in [2.05, 4.69) is 0 Å². The molecule has 3 rings (SSSR count). The Hall–Kier alpha value is -2.59. The lowest BCUT2D eigenvalue weighted by molar-refractivity contribution is 0.0716. The van der Waals surface area contributed by atoms with E-state index in [1.54, 1.807) is 42.5 Å². The molecule has 2 aromatic carbocycles. The summed E-state index contributed by atoms with van der Waals surface area (Å²) in [6.07, 6.45) is 1.54. The summed E-state index contributed by atoms with van der Waals surface area (Å²) in [7, 11) is 0. The second-order valence-corrected chi connectivity index (χ2v) is 5.71. The van der Waals surface area contributed by atoms with Crippen LogP contribution in [0.5, 0.6) is 0 Å². The van der Waals surface area contributed by atoms with E-state index in [0.717, 1.165) is 0 Å². The number of hydrogen-bond donors (Lipinski definition) is 0. The maximum atomic E-state index is 14.1. The molecule has 5 heteroatoms. The minimum atomic E-state index is -0.437. The van der Waals surface area contributed by atoms with Gasteiger partial charge < -0.3 is 9.32 Å². The zero-order valence-electron chi connectivity index (χ0n) is 12.8. The predicted octanol–water partition coefficient (Wildman–Crippen LogP) is 4.91. The van der Waals surface area contributed by atoms with Gasteiger partial charge in [0, 0.05) is 16.1 Å². The van der Waals surface area contributed by atoms with E-state index in [0.29, 0.717) is 16.3 Å². The molecular formula is C19H15ClFNO2. The van der Waals surface area contributed by atoms with Crippen LogP contribution >= 0.6 is 11.6 Å². The molecule has 0 unspecified atom stereocenters. The molecule has 0 spiro atoms. The predicted molar refractivity (Wildman–Crippen MR) is 90.1 cm³/mol. The highest BCUT2D eigenvalue weighted by Crippen LogP contribution is 2.23. The molecule has 0 N–H and O–H groups in total. The van der Waals surface area contributed by atoms with E-state index < -0.39 is 5.82 Å². The number of rotatable bonds is 5. The van der Waals surface area contributed by atoms with Gasteiger partial charge in [-0.3, -0.25) is 4.79 Å². The van der Waals surface area contributed by atoms with Crippen molar-refractivity contribution in [1.82, 2.24) is 4.90 Å². The van der Waals surface area contributed by atoms with Crippen LogP contribution in [-0.2, 0) is 13.1 Å². The average molecular weight is 344 g/mol. The summed E-state index contributed by atoms with van der Waals surface area (Å²) in [5.74, 6) is -0.0362. The summed E-state index contributed by atoms with van der Waals surface area (Å²) in [4.78, 5) is 14.3. The second kappa shape index (κ2) is 7.32. The Morgan fingerprint density at radius 2 is 1.79 bits per heavy atom. The molecule has 0 aliphatic carbocycles. The lowest BCUT2D eigenvalue weighted by Crippen LogP contribution is -2.30. The molecule has 1 aromatic heterocycles. The fraction of sp³-hybridized carbons (Fsp3) is 0.105. The van der Waals surface area contributed by atoms with Crippen molar-refractivity contribution in [2.24, 2.45) is 0 Å². The van der Waals surface area contributed by atoms with Gasteiger partial charge in [0.25, 0.3) is 5.91 Å². The molecule has 0 atom stereocenters. The van der Waals surface area contributed by atoms with Crippen molar-refractivity contribution in [3.05, 3.63) is 94.7 Å². The molecule has 122 valence electrons. The largest absolute Gasteiger partial charge is 0.467 e. The molecular weight excluding hydrogens is 329 g/mol. The Morgan fingerprint density at radius 1 is 1.00 bits per heavy atom.